The Bertz CT molecular complexity index is 98.6. The van der Waals surface area contributed by atoms with Gasteiger partial charge in [0, 0.05) is 6.08 Å². The van der Waals surface area contributed by atoms with Crippen molar-refractivity contribution in [3.8, 4) is 0 Å². The van der Waals surface area contributed by atoms with Crippen molar-refractivity contribution in [1.82, 2.24) is 0 Å². The van der Waals surface area contributed by atoms with Crippen LogP contribution in [0.3, 0.4) is 0 Å². The molecule has 3 heteroatoms. The van der Waals surface area contributed by atoms with Gasteiger partial charge in [0.2, 0.25) is 10.5 Å². The molecule has 0 saturated carbocycles. The molecule has 0 aromatic carbocycles. The van der Waals surface area contributed by atoms with Gasteiger partial charge < -0.3 is 9.16 Å². The second kappa shape index (κ2) is 4.46. The predicted octanol–water partition coefficient (Wildman–Crippen LogP) is -0.0428. The van der Waals surface area contributed by atoms with Crippen LogP contribution >= 0.6 is 0 Å². The van der Waals surface area contributed by atoms with Gasteiger partial charge in [-0.15, -0.1) is 0 Å². The molecule has 0 fully saturated rings. The minimum Gasteiger partial charge on any atom is -0.553 e. The van der Waals surface area contributed by atoms with Gasteiger partial charge in [-0.05, 0) is 0 Å². The number of hydrogen-bond acceptors (Lipinski definition) is 2. The first-order valence-corrected chi connectivity index (χ1v) is 3.05. The van der Waals surface area contributed by atoms with Crippen molar-refractivity contribution in [2.45, 2.75) is 0 Å². The Morgan fingerprint density at radius 2 is 2.38 bits per heavy atom. The van der Waals surface area contributed by atoms with Crippen molar-refractivity contribution in [2.75, 3.05) is 7.11 Å². The molecule has 0 saturated heterocycles. The third-order valence-corrected chi connectivity index (χ3v) is 1.18. The van der Waals surface area contributed by atoms with E-state index in [1.165, 1.54) is 6.26 Å². The van der Waals surface area contributed by atoms with Crippen molar-refractivity contribution < 1.29 is 9.16 Å². The lowest BCUT2D eigenvalue weighted by Gasteiger charge is -1.94. The van der Waals surface area contributed by atoms with E-state index in [1.807, 2.05) is 0 Å². The highest BCUT2D eigenvalue weighted by Crippen LogP contribution is 1.89. The van der Waals surface area contributed by atoms with Gasteiger partial charge in [0.25, 0.3) is 0 Å². The molecule has 0 aliphatic heterocycles. The summed E-state index contributed by atoms with van der Waals surface area (Å²) in [6.45, 7) is 3.56. The molecule has 0 amide bonds. The van der Waals surface area contributed by atoms with Crippen LogP contribution in [0.1, 0.15) is 0 Å². The minimum atomic E-state index is 0.651. The summed E-state index contributed by atoms with van der Waals surface area (Å²) in [5.74, 6) is 0.651. The van der Waals surface area contributed by atoms with Gasteiger partial charge in [-0.1, -0.05) is 6.58 Å². The van der Waals surface area contributed by atoms with Crippen molar-refractivity contribution in [3.05, 3.63) is 24.7 Å². The van der Waals surface area contributed by atoms with E-state index in [-0.39, 0.29) is 0 Å². The van der Waals surface area contributed by atoms with Crippen LogP contribution in [0.5, 0.6) is 0 Å². The fourth-order valence-electron chi connectivity index (χ4n) is 0.212. The van der Waals surface area contributed by atoms with Crippen LogP contribution in [0.4, 0.5) is 0 Å². The first-order chi connectivity index (χ1) is 3.81. The van der Waals surface area contributed by atoms with Crippen LogP contribution in [0.25, 0.3) is 0 Å². The van der Waals surface area contributed by atoms with Crippen molar-refractivity contribution in [1.29, 1.82) is 0 Å². The van der Waals surface area contributed by atoms with Crippen LogP contribution in [0.15, 0.2) is 24.7 Å². The molecule has 0 atom stereocenters. The molecule has 0 rings (SSSR count). The molecule has 0 unspecified atom stereocenters. The lowest BCUT2D eigenvalue weighted by Crippen LogP contribution is -1.79. The van der Waals surface area contributed by atoms with E-state index in [0.29, 0.717) is 16.2 Å². The SMILES string of the molecule is C=C(C=COC)O[SiH3]. The number of methoxy groups -OCH3 is 1. The monoisotopic (exact) mass is 130 g/mol. The fourth-order valence-corrected chi connectivity index (χ4v) is 0.348. The Balaban J connectivity index is 3.37. The van der Waals surface area contributed by atoms with Gasteiger partial charge in [0.1, 0.15) is 0 Å². The zero-order valence-electron chi connectivity index (χ0n) is 5.18. The quantitative estimate of drug-likeness (QED) is 0.303. The van der Waals surface area contributed by atoms with E-state index in [2.05, 4.69) is 11.3 Å². The molecule has 0 aliphatic carbocycles. The third-order valence-electron chi connectivity index (χ3n) is 0.652. The van der Waals surface area contributed by atoms with Gasteiger partial charge in [-0.3, -0.25) is 0 Å². The molecular formula is C5H10O2Si. The van der Waals surface area contributed by atoms with E-state index in [0.717, 1.165) is 0 Å². The van der Waals surface area contributed by atoms with E-state index in [1.54, 1.807) is 13.2 Å². The first-order valence-electron chi connectivity index (χ1n) is 2.23. The molecule has 46 valence electrons. The molecule has 0 radical (unpaired) electrons. The summed E-state index contributed by atoms with van der Waals surface area (Å²) in [6.07, 6.45) is 3.20. The highest BCUT2D eigenvalue weighted by molar-refractivity contribution is 5.98. The molecule has 0 heterocycles. The van der Waals surface area contributed by atoms with Crippen LogP contribution in [-0.2, 0) is 9.16 Å². The smallest absolute Gasteiger partial charge is 0.204 e. The van der Waals surface area contributed by atoms with Gasteiger partial charge in [-0.2, -0.15) is 0 Å². The highest BCUT2D eigenvalue weighted by atomic mass is 28.2. The van der Waals surface area contributed by atoms with Crippen LogP contribution in [0.2, 0.25) is 0 Å². The average Bonchev–Trinajstić information content (AvgIpc) is 1.83. The number of allylic oxidation sites excluding steroid dienone is 1. The minimum absolute atomic E-state index is 0.651. The molecule has 2 nitrogen and oxygen atoms in total. The molecule has 0 spiro atoms. The predicted molar refractivity (Wildman–Crippen MR) is 36.3 cm³/mol. The van der Waals surface area contributed by atoms with E-state index >= 15 is 0 Å². The highest BCUT2D eigenvalue weighted by Gasteiger charge is 1.76. The molecule has 0 aromatic rings. The largest absolute Gasteiger partial charge is 0.553 e. The number of rotatable bonds is 3. The second-order valence-electron chi connectivity index (χ2n) is 1.21. The lowest BCUT2D eigenvalue weighted by molar-refractivity contribution is 0.335. The Hall–Kier alpha value is -0.703. The molecule has 0 N–H and O–H groups in total. The zero-order valence-corrected chi connectivity index (χ0v) is 7.18. The first kappa shape index (κ1) is 7.30. The fraction of sp³-hybridized carbons (Fsp3) is 0.200. The normalized spacial score (nSPS) is 9.62. The van der Waals surface area contributed by atoms with Gasteiger partial charge >= 0.3 is 0 Å². The van der Waals surface area contributed by atoms with E-state index in [9.17, 15) is 0 Å². The van der Waals surface area contributed by atoms with Crippen LogP contribution < -0.4 is 0 Å². The number of hydrogen-bond donors (Lipinski definition) is 0. The maximum absolute atomic E-state index is 4.83. The standard InChI is InChI=1S/C5H10O2Si/c1-5(7-8)3-4-6-2/h3-4H,1H2,2,8H3. The lowest BCUT2D eigenvalue weighted by atomic mass is 10.5. The Morgan fingerprint density at radius 1 is 1.75 bits per heavy atom. The van der Waals surface area contributed by atoms with E-state index in [4.69, 9.17) is 4.43 Å². The van der Waals surface area contributed by atoms with E-state index < -0.39 is 0 Å². The second-order valence-corrected chi connectivity index (χ2v) is 1.62. The Labute approximate surface area is 52.3 Å². The number of ether oxygens (including phenoxy) is 1. The third kappa shape index (κ3) is 3.49. The summed E-state index contributed by atoms with van der Waals surface area (Å²) in [4.78, 5) is 0. The zero-order chi connectivity index (χ0) is 6.41. The van der Waals surface area contributed by atoms with Gasteiger partial charge in [0.15, 0.2) is 0 Å². The topological polar surface area (TPSA) is 18.5 Å². The molecule has 0 aromatic heterocycles. The molecular weight excluding hydrogens is 120 g/mol. The summed E-state index contributed by atoms with van der Waals surface area (Å²) in [6, 6.07) is 0. The maximum atomic E-state index is 4.83. The summed E-state index contributed by atoms with van der Waals surface area (Å²) in [5.41, 5.74) is 0. The molecule has 0 bridgehead atoms. The van der Waals surface area contributed by atoms with Crippen molar-refractivity contribution in [3.63, 3.8) is 0 Å². The molecule has 0 aliphatic rings. The summed E-state index contributed by atoms with van der Waals surface area (Å²) < 4.78 is 9.44. The van der Waals surface area contributed by atoms with Crippen molar-refractivity contribution >= 4 is 10.5 Å². The maximum Gasteiger partial charge on any atom is 0.204 e. The van der Waals surface area contributed by atoms with Crippen LogP contribution in [0, 0.1) is 0 Å². The average molecular weight is 130 g/mol. The summed E-state index contributed by atoms with van der Waals surface area (Å²) >= 11 is 0. The van der Waals surface area contributed by atoms with Crippen LogP contribution in [-0.4, -0.2) is 17.6 Å². The summed E-state index contributed by atoms with van der Waals surface area (Å²) in [7, 11) is 2.26. The van der Waals surface area contributed by atoms with Crippen molar-refractivity contribution in [2.24, 2.45) is 0 Å². The Morgan fingerprint density at radius 3 is 2.75 bits per heavy atom. The Kier molecular flexibility index (Phi) is 4.06. The van der Waals surface area contributed by atoms with Gasteiger partial charge in [0.05, 0.1) is 19.1 Å². The summed E-state index contributed by atoms with van der Waals surface area (Å²) in [5, 5.41) is 0. The van der Waals surface area contributed by atoms with Gasteiger partial charge in [-0.25, -0.2) is 0 Å². The molecule has 8 heavy (non-hydrogen) atoms.